The molecule has 2 aliphatic rings. The molecular weight excluding hydrogens is 500 g/mol. The van der Waals surface area contributed by atoms with Gasteiger partial charge in [-0.3, -0.25) is 14.4 Å². The predicted octanol–water partition coefficient (Wildman–Crippen LogP) is 3.79. The maximum atomic E-state index is 13.8. The number of aromatic nitrogens is 1. The minimum Gasteiger partial charge on any atom is -0.385 e. The van der Waals surface area contributed by atoms with E-state index < -0.39 is 12.1 Å². The normalized spacial score (nSPS) is 17.5. The number of carbonyl (C=O) groups excluding carboxylic acids is 3. The van der Waals surface area contributed by atoms with E-state index in [1.54, 1.807) is 34.3 Å². The van der Waals surface area contributed by atoms with Crippen molar-refractivity contribution in [2.24, 2.45) is 0 Å². The number of nitrogens with one attached hydrogen (secondary N) is 1. The van der Waals surface area contributed by atoms with Crippen LogP contribution < -0.4 is 5.32 Å². The Bertz CT molecular complexity index is 1320. The molecule has 5 rings (SSSR count). The number of likely N-dealkylation sites (tertiary alicyclic amines) is 1. The molecule has 1 fully saturated rings. The maximum absolute atomic E-state index is 13.8. The van der Waals surface area contributed by atoms with Crippen molar-refractivity contribution in [2.45, 2.75) is 51.4 Å². The summed E-state index contributed by atoms with van der Waals surface area (Å²) in [4.78, 5) is 48.9. The highest BCUT2D eigenvalue weighted by molar-refractivity contribution is 7.13. The summed E-state index contributed by atoms with van der Waals surface area (Å²) >= 11 is 1.61. The number of hydrogen-bond acceptors (Lipinski definition) is 6. The molecular formula is C29H32N4O4S. The van der Waals surface area contributed by atoms with Crippen molar-refractivity contribution in [1.29, 1.82) is 0 Å². The number of hydrogen-bond donors (Lipinski definition) is 1. The third-order valence-electron chi connectivity index (χ3n) is 7.37. The van der Waals surface area contributed by atoms with Crippen LogP contribution in [0.25, 0.3) is 10.4 Å². The van der Waals surface area contributed by atoms with Crippen LogP contribution in [0.4, 0.5) is 0 Å². The lowest BCUT2D eigenvalue weighted by atomic mass is 10.1. The van der Waals surface area contributed by atoms with Crippen molar-refractivity contribution in [3.63, 3.8) is 0 Å². The smallest absolute Gasteiger partial charge is 0.255 e. The summed E-state index contributed by atoms with van der Waals surface area (Å²) in [7, 11) is 1.58. The number of amides is 3. The van der Waals surface area contributed by atoms with Gasteiger partial charge in [0.2, 0.25) is 11.8 Å². The number of methoxy groups -OCH3 is 1. The SMILES string of the molecule is COCCC(C(=O)N1CCCC1C(=O)NCc1ccc(-c2scnc2C)cc1)N1Cc2ccccc2C1=O. The summed E-state index contributed by atoms with van der Waals surface area (Å²) in [5.41, 5.74) is 6.48. The Labute approximate surface area is 226 Å². The van der Waals surface area contributed by atoms with E-state index in [1.165, 1.54) is 0 Å². The van der Waals surface area contributed by atoms with Crippen molar-refractivity contribution >= 4 is 29.1 Å². The molecule has 0 radical (unpaired) electrons. The highest BCUT2D eigenvalue weighted by Crippen LogP contribution is 2.29. The number of fused-ring (bicyclic) bond motifs is 1. The fraction of sp³-hybridized carbons (Fsp3) is 0.379. The molecule has 198 valence electrons. The first-order valence-electron chi connectivity index (χ1n) is 12.9. The summed E-state index contributed by atoms with van der Waals surface area (Å²) in [6.45, 7) is 3.60. The van der Waals surface area contributed by atoms with E-state index in [0.29, 0.717) is 44.6 Å². The van der Waals surface area contributed by atoms with Crippen molar-refractivity contribution in [1.82, 2.24) is 20.1 Å². The topological polar surface area (TPSA) is 91.8 Å². The number of aryl methyl sites for hydroxylation is 1. The third kappa shape index (κ3) is 5.21. The van der Waals surface area contributed by atoms with Gasteiger partial charge in [-0.1, -0.05) is 42.5 Å². The lowest BCUT2D eigenvalue weighted by Gasteiger charge is -2.33. The predicted molar refractivity (Wildman–Crippen MR) is 145 cm³/mol. The first-order chi connectivity index (χ1) is 18.5. The molecule has 1 aromatic heterocycles. The Hall–Kier alpha value is -3.56. The van der Waals surface area contributed by atoms with Gasteiger partial charge in [0.1, 0.15) is 12.1 Å². The van der Waals surface area contributed by atoms with Gasteiger partial charge in [-0.05, 0) is 42.5 Å². The van der Waals surface area contributed by atoms with E-state index >= 15 is 0 Å². The monoisotopic (exact) mass is 532 g/mol. The number of nitrogens with zero attached hydrogens (tertiary/aromatic N) is 3. The van der Waals surface area contributed by atoms with Crippen LogP contribution in [-0.2, 0) is 27.4 Å². The van der Waals surface area contributed by atoms with Gasteiger partial charge < -0.3 is 19.9 Å². The molecule has 38 heavy (non-hydrogen) atoms. The van der Waals surface area contributed by atoms with Crippen molar-refractivity contribution in [3.05, 3.63) is 76.4 Å². The van der Waals surface area contributed by atoms with E-state index in [9.17, 15) is 14.4 Å². The van der Waals surface area contributed by atoms with Gasteiger partial charge in [-0.2, -0.15) is 0 Å². The Morgan fingerprint density at radius 2 is 1.97 bits per heavy atom. The van der Waals surface area contributed by atoms with Gasteiger partial charge in [0.05, 0.1) is 16.1 Å². The molecule has 8 nitrogen and oxygen atoms in total. The number of rotatable bonds is 9. The molecule has 3 amide bonds. The molecule has 9 heteroatoms. The van der Waals surface area contributed by atoms with E-state index in [4.69, 9.17) is 4.74 Å². The standard InChI is InChI=1S/C29H32N4O4S/c1-19-26(38-18-31-19)21-11-9-20(10-12-21)16-30-27(34)24-8-5-14-32(24)29(36)25(13-15-37-2)33-17-22-6-3-4-7-23(22)28(33)35/h3-4,6-7,9-12,18,24-25H,5,8,13-17H2,1-2H3,(H,30,34). The van der Waals surface area contributed by atoms with Crippen molar-refractivity contribution < 1.29 is 19.1 Å². The quantitative estimate of drug-likeness (QED) is 0.453. The second-order valence-electron chi connectivity index (χ2n) is 9.76. The van der Waals surface area contributed by atoms with Crippen LogP contribution in [0.5, 0.6) is 0 Å². The van der Waals surface area contributed by atoms with Gasteiger partial charge in [0.25, 0.3) is 5.91 Å². The zero-order valence-corrected chi connectivity index (χ0v) is 22.5. The van der Waals surface area contributed by atoms with Crippen LogP contribution >= 0.6 is 11.3 Å². The minimum absolute atomic E-state index is 0.146. The summed E-state index contributed by atoms with van der Waals surface area (Å²) < 4.78 is 5.27. The molecule has 3 aromatic rings. The summed E-state index contributed by atoms with van der Waals surface area (Å²) in [6, 6.07) is 14.3. The number of benzene rings is 2. The number of ether oxygens (including phenoxy) is 1. The highest BCUT2D eigenvalue weighted by Gasteiger charge is 2.42. The Morgan fingerprint density at radius 1 is 1.18 bits per heavy atom. The lowest BCUT2D eigenvalue weighted by molar-refractivity contribution is -0.142. The maximum Gasteiger partial charge on any atom is 0.255 e. The average Bonchev–Trinajstić information content (AvgIpc) is 3.67. The van der Waals surface area contributed by atoms with Crippen LogP contribution in [0.2, 0.25) is 0 Å². The molecule has 3 heterocycles. The number of thiazole rings is 1. The van der Waals surface area contributed by atoms with Crippen molar-refractivity contribution in [2.75, 3.05) is 20.3 Å². The Balaban J connectivity index is 1.24. The Kier molecular flexibility index (Phi) is 7.85. The van der Waals surface area contributed by atoms with Crippen LogP contribution in [0.1, 0.15) is 46.4 Å². The summed E-state index contributed by atoms with van der Waals surface area (Å²) in [6.07, 6.45) is 1.73. The van der Waals surface area contributed by atoms with E-state index in [0.717, 1.165) is 33.7 Å². The average molecular weight is 533 g/mol. The fourth-order valence-electron chi connectivity index (χ4n) is 5.33. The van der Waals surface area contributed by atoms with Gasteiger partial charge in [-0.25, -0.2) is 4.98 Å². The molecule has 0 spiro atoms. The highest BCUT2D eigenvalue weighted by atomic mass is 32.1. The van der Waals surface area contributed by atoms with Gasteiger partial charge >= 0.3 is 0 Å². The van der Waals surface area contributed by atoms with Gasteiger partial charge in [-0.15, -0.1) is 11.3 Å². The molecule has 0 aliphatic carbocycles. The summed E-state index contributed by atoms with van der Waals surface area (Å²) in [5.74, 6) is -0.503. The second kappa shape index (κ2) is 11.4. The molecule has 2 aromatic carbocycles. The molecule has 0 bridgehead atoms. The summed E-state index contributed by atoms with van der Waals surface area (Å²) in [5, 5.41) is 3.02. The fourth-order valence-corrected chi connectivity index (χ4v) is 6.14. The molecule has 1 saturated heterocycles. The second-order valence-corrected chi connectivity index (χ2v) is 10.6. The van der Waals surface area contributed by atoms with Crippen LogP contribution in [0, 0.1) is 6.92 Å². The lowest BCUT2D eigenvalue weighted by Crippen LogP contribution is -2.53. The van der Waals surface area contributed by atoms with E-state index in [1.807, 2.05) is 54.9 Å². The zero-order chi connectivity index (χ0) is 26.6. The van der Waals surface area contributed by atoms with Gasteiger partial charge in [0, 0.05) is 45.3 Å². The van der Waals surface area contributed by atoms with Crippen LogP contribution in [0.15, 0.2) is 54.0 Å². The Morgan fingerprint density at radius 3 is 2.68 bits per heavy atom. The first-order valence-corrected chi connectivity index (χ1v) is 13.8. The third-order valence-corrected chi connectivity index (χ3v) is 8.35. The molecule has 0 saturated carbocycles. The largest absolute Gasteiger partial charge is 0.385 e. The molecule has 2 aliphatic heterocycles. The minimum atomic E-state index is -0.675. The van der Waals surface area contributed by atoms with Crippen LogP contribution in [-0.4, -0.2) is 64.9 Å². The molecule has 2 unspecified atom stereocenters. The van der Waals surface area contributed by atoms with E-state index in [-0.39, 0.29) is 17.7 Å². The zero-order valence-electron chi connectivity index (χ0n) is 21.7. The van der Waals surface area contributed by atoms with Crippen LogP contribution in [0.3, 0.4) is 0 Å². The first kappa shape index (κ1) is 26.1. The van der Waals surface area contributed by atoms with Crippen molar-refractivity contribution in [3.8, 4) is 10.4 Å². The molecule has 2 atom stereocenters. The number of carbonyl (C=O) groups is 3. The van der Waals surface area contributed by atoms with Gasteiger partial charge in [0.15, 0.2) is 0 Å². The molecule has 1 N–H and O–H groups in total. The van der Waals surface area contributed by atoms with E-state index in [2.05, 4.69) is 10.3 Å².